The highest BCUT2D eigenvalue weighted by atomic mass is 14.9. The molecule has 1 rings (SSSR count). The first kappa shape index (κ1) is 7.86. The molecule has 0 aliphatic rings. The molecule has 11 heavy (non-hydrogen) atoms. The minimum Gasteiger partial charge on any atom is -0.350 e. The normalized spacial score (nSPS) is 12.9. The molecule has 1 heterocycles. The Morgan fingerprint density at radius 3 is 2.64 bits per heavy atom. The van der Waals surface area contributed by atoms with Gasteiger partial charge in [-0.1, -0.05) is 19.2 Å². The summed E-state index contributed by atoms with van der Waals surface area (Å²) in [6.45, 7) is 9.68. The van der Waals surface area contributed by atoms with Crippen LogP contribution in [0.15, 0.2) is 24.9 Å². The van der Waals surface area contributed by atoms with Gasteiger partial charge < -0.3 is 4.57 Å². The molecule has 0 radical (unpaired) electrons. The summed E-state index contributed by atoms with van der Waals surface area (Å²) in [6, 6.07) is 2.00. The molecule has 0 aliphatic heterocycles. The van der Waals surface area contributed by atoms with Crippen molar-refractivity contribution in [2.45, 2.75) is 6.92 Å². The summed E-state index contributed by atoms with van der Waals surface area (Å²) in [5, 5.41) is 2.23. The molecular weight excluding hydrogens is 134 g/mol. The maximum atomic E-state index is 3.92. The molecule has 0 fully saturated rings. The van der Waals surface area contributed by atoms with Crippen LogP contribution >= 0.6 is 0 Å². The van der Waals surface area contributed by atoms with Crippen LogP contribution in [-0.2, 0) is 7.05 Å². The first-order chi connectivity index (χ1) is 5.16. The van der Waals surface area contributed by atoms with Gasteiger partial charge >= 0.3 is 0 Å². The van der Waals surface area contributed by atoms with Crippen LogP contribution in [0, 0.1) is 0 Å². The second kappa shape index (κ2) is 2.79. The summed E-state index contributed by atoms with van der Waals surface area (Å²) in [5.74, 6) is 0. The summed E-state index contributed by atoms with van der Waals surface area (Å²) in [6.07, 6.45) is 3.86. The van der Waals surface area contributed by atoms with Crippen molar-refractivity contribution in [3.63, 3.8) is 0 Å². The Morgan fingerprint density at radius 2 is 2.27 bits per heavy atom. The topological polar surface area (TPSA) is 4.93 Å². The first-order valence-corrected chi connectivity index (χ1v) is 3.60. The minimum absolute atomic E-state index is 1.06. The molecule has 0 atom stereocenters. The Hall–Kier alpha value is -1.24. The molecule has 1 aromatic rings. The Morgan fingerprint density at radius 1 is 1.64 bits per heavy atom. The van der Waals surface area contributed by atoms with Gasteiger partial charge in [0.2, 0.25) is 0 Å². The van der Waals surface area contributed by atoms with Crippen LogP contribution < -0.4 is 10.6 Å². The van der Waals surface area contributed by atoms with Crippen molar-refractivity contribution < 1.29 is 0 Å². The van der Waals surface area contributed by atoms with Crippen molar-refractivity contribution in [2.24, 2.45) is 7.05 Å². The smallest absolute Gasteiger partial charge is 0.0501 e. The second-order valence-corrected chi connectivity index (χ2v) is 2.69. The summed E-state index contributed by atoms with van der Waals surface area (Å²) >= 11 is 0. The molecule has 0 aliphatic carbocycles. The van der Waals surface area contributed by atoms with Crippen molar-refractivity contribution in [3.05, 3.63) is 35.5 Å². The van der Waals surface area contributed by atoms with Crippen molar-refractivity contribution in [1.29, 1.82) is 0 Å². The molecule has 58 valence electrons. The van der Waals surface area contributed by atoms with Crippen LogP contribution in [0.3, 0.4) is 0 Å². The lowest BCUT2D eigenvalue weighted by Crippen LogP contribution is -2.27. The third-order valence-corrected chi connectivity index (χ3v) is 1.84. The highest BCUT2D eigenvalue weighted by Gasteiger charge is 1.90. The molecule has 1 aromatic heterocycles. The molecule has 1 heteroatoms. The third kappa shape index (κ3) is 1.27. The van der Waals surface area contributed by atoms with Gasteiger partial charge in [0, 0.05) is 13.2 Å². The molecule has 0 unspecified atom stereocenters. The van der Waals surface area contributed by atoms with E-state index in [1.54, 1.807) is 0 Å². The number of hydrogen-bond acceptors (Lipinski definition) is 0. The van der Waals surface area contributed by atoms with E-state index < -0.39 is 0 Å². The van der Waals surface area contributed by atoms with Crippen LogP contribution in [-0.4, -0.2) is 4.57 Å². The summed E-state index contributed by atoms with van der Waals surface area (Å²) < 4.78 is 2.05. The van der Waals surface area contributed by atoms with Gasteiger partial charge in [-0.2, -0.15) is 0 Å². The fourth-order valence-electron chi connectivity index (χ4n) is 1.21. The fraction of sp³-hybridized carbons (Fsp3) is 0.200. The molecule has 0 bridgehead atoms. The van der Waals surface area contributed by atoms with E-state index in [9.17, 15) is 0 Å². The van der Waals surface area contributed by atoms with Gasteiger partial charge in [-0.25, -0.2) is 0 Å². The van der Waals surface area contributed by atoms with Crippen molar-refractivity contribution >= 4 is 12.2 Å². The number of rotatable bonds is 1. The predicted octanol–water partition coefficient (Wildman–Crippen LogP) is 0.792. The minimum atomic E-state index is 1.06. The number of allylic oxidation sites excluding steroid dienone is 1. The predicted molar refractivity (Wildman–Crippen MR) is 49.5 cm³/mol. The summed E-state index contributed by atoms with van der Waals surface area (Å²) in [7, 11) is 2.01. The first-order valence-electron chi connectivity index (χ1n) is 3.60. The zero-order valence-electron chi connectivity index (χ0n) is 7.09. The van der Waals surface area contributed by atoms with E-state index in [0.717, 1.165) is 5.22 Å². The fourth-order valence-corrected chi connectivity index (χ4v) is 1.21. The Balaban J connectivity index is 3.68. The lowest BCUT2D eigenvalue weighted by atomic mass is 10.2. The van der Waals surface area contributed by atoms with Crippen LogP contribution in [0.1, 0.15) is 6.92 Å². The van der Waals surface area contributed by atoms with Crippen molar-refractivity contribution in [3.8, 4) is 0 Å². The Labute approximate surface area is 67.0 Å². The van der Waals surface area contributed by atoms with E-state index in [2.05, 4.69) is 17.7 Å². The Kier molecular flexibility index (Phi) is 1.99. The quantitative estimate of drug-likeness (QED) is 0.553. The number of nitrogens with zero attached hydrogens (tertiary/aromatic N) is 1. The zero-order chi connectivity index (χ0) is 8.43. The van der Waals surface area contributed by atoms with Gasteiger partial charge in [-0.3, -0.25) is 0 Å². The second-order valence-electron chi connectivity index (χ2n) is 2.69. The monoisotopic (exact) mass is 147 g/mol. The van der Waals surface area contributed by atoms with E-state index >= 15 is 0 Å². The van der Waals surface area contributed by atoms with Gasteiger partial charge in [-0.15, -0.1) is 0 Å². The zero-order valence-corrected chi connectivity index (χ0v) is 7.09. The third-order valence-electron chi connectivity index (χ3n) is 1.84. The molecular formula is C10H13N. The van der Waals surface area contributed by atoms with Crippen LogP contribution in [0.25, 0.3) is 12.2 Å². The van der Waals surface area contributed by atoms with E-state index in [4.69, 9.17) is 0 Å². The van der Waals surface area contributed by atoms with Crippen LogP contribution in [0.2, 0.25) is 0 Å². The van der Waals surface area contributed by atoms with Gasteiger partial charge in [0.05, 0.1) is 5.35 Å². The lowest BCUT2D eigenvalue weighted by molar-refractivity contribution is 0.884. The maximum absolute atomic E-state index is 3.92. The number of aromatic nitrogens is 1. The average Bonchev–Trinajstić information content (AvgIpc) is 2.30. The Bertz CT molecular complexity index is 368. The van der Waals surface area contributed by atoms with E-state index in [1.807, 2.05) is 32.3 Å². The largest absolute Gasteiger partial charge is 0.350 e. The number of hydrogen-bond donors (Lipinski definition) is 0. The lowest BCUT2D eigenvalue weighted by Gasteiger charge is -1.93. The highest BCUT2D eigenvalue weighted by Crippen LogP contribution is 1.87. The molecule has 0 saturated heterocycles. The molecule has 0 aromatic carbocycles. The molecule has 0 spiro atoms. The SMILES string of the molecule is C=C/C(C)=c1\c(=C)ccn1C. The van der Waals surface area contributed by atoms with E-state index in [-0.39, 0.29) is 0 Å². The molecule has 0 amide bonds. The molecule has 0 saturated carbocycles. The van der Waals surface area contributed by atoms with Crippen molar-refractivity contribution in [2.75, 3.05) is 0 Å². The van der Waals surface area contributed by atoms with Crippen molar-refractivity contribution in [1.82, 2.24) is 4.57 Å². The van der Waals surface area contributed by atoms with Crippen LogP contribution in [0.5, 0.6) is 0 Å². The number of aryl methyl sites for hydroxylation is 1. The van der Waals surface area contributed by atoms with Gasteiger partial charge in [-0.05, 0) is 23.8 Å². The highest BCUT2D eigenvalue weighted by molar-refractivity contribution is 5.51. The van der Waals surface area contributed by atoms with Crippen LogP contribution in [0.4, 0.5) is 0 Å². The maximum Gasteiger partial charge on any atom is 0.0501 e. The van der Waals surface area contributed by atoms with Gasteiger partial charge in [0.15, 0.2) is 0 Å². The van der Waals surface area contributed by atoms with E-state index in [0.29, 0.717) is 0 Å². The van der Waals surface area contributed by atoms with Gasteiger partial charge in [0.1, 0.15) is 0 Å². The summed E-state index contributed by atoms with van der Waals surface area (Å²) in [4.78, 5) is 0. The molecule has 1 nitrogen and oxygen atoms in total. The summed E-state index contributed by atoms with van der Waals surface area (Å²) in [5.41, 5.74) is 1.17. The average molecular weight is 147 g/mol. The van der Waals surface area contributed by atoms with E-state index in [1.165, 1.54) is 10.9 Å². The standard InChI is InChI=1S/C10H13N/c1-5-8(2)10-9(3)6-7-11(10)4/h5-7H,1,3H2,2,4H3/b10-8+. The van der Waals surface area contributed by atoms with Gasteiger partial charge in [0.25, 0.3) is 0 Å². The molecule has 0 N–H and O–H groups in total.